The SMILES string of the molecule is CCCNCc1cn(Cc2ccc(C)cc2Cl)nc1C. The van der Waals surface area contributed by atoms with Crippen molar-refractivity contribution >= 4 is 11.6 Å². The molecule has 2 rings (SSSR count). The maximum absolute atomic E-state index is 6.27. The van der Waals surface area contributed by atoms with Gasteiger partial charge >= 0.3 is 0 Å². The molecule has 0 bridgehead atoms. The van der Waals surface area contributed by atoms with E-state index in [1.165, 1.54) is 11.1 Å². The Balaban J connectivity index is 2.08. The summed E-state index contributed by atoms with van der Waals surface area (Å²) >= 11 is 6.27. The van der Waals surface area contributed by atoms with Gasteiger partial charge in [0.2, 0.25) is 0 Å². The standard InChI is InChI=1S/C16H22ClN3/c1-4-7-18-9-15-11-20(19-13(15)3)10-14-6-5-12(2)8-16(14)17/h5-6,8,11,18H,4,7,9-10H2,1-3H3. The number of aromatic nitrogens is 2. The quantitative estimate of drug-likeness (QED) is 0.823. The molecule has 0 aliphatic carbocycles. The Morgan fingerprint density at radius 3 is 2.75 bits per heavy atom. The van der Waals surface area contributed by atoms with E-state index in [2.05, 4.69) is 42.6 Å². The predicted octanol–water partition coefficient (Wildman–Crippen LogP) is 3.70. The van der Waals surface area contributed by atoms with Crippen molar-refractivity contribution in [3.63, 3.8) is 0 Å². The minimum absolute atomic E-state index is 0.716. The van der Waals surface area contributed by atoms with Gasteiger partial charge in [0.15, 0.2) is 0 Å². The molecule has 0 fully saturated rings. The second kappa shape index (κ2) is 6.91. The molecule has 1 aromatic heterocycles. The van der Waals surface area contributed by atoms with Gasteiger partial charge in [-0.1, -0.05) is 30.7 Å². The average molecular weight is 292 g/mol. The van der Waals surface area contributed by atoms with Gasteiger partial charge in [0.1, 0.15) is 0 Å². The summed E-state index contributed by atoms with van der Waals surface area (Å²) in [5.41, 5.74) is 4.62. The van der Waals surface area contributed by atoms with Gasteiger partial charge in [-0.2, -0.15) is 5.10 Å². The highest BCUT2D eigenvalue weighted by atomic mass is 35.5. The molecule has 1 aromatic carbocycles. The first-order valence-corrected chi connectivity index (χ1v) is 7.46. The number of hydrogen-bond donors (Lipinski definition) is 1. The summed E-state index contributed by atoms with van der Waals surface area (Å²) in [5, 5.41) is 8.78. The van der Waals surface area contributed by atoms with Crippen molar-refractivity contribution in [1.29, 1.82) is 0 Å². The molecule has 0 unspecified atom stereocenters. The van der Waals surface area contributed by atoms with Crippen molar-refractivity contribution in [1.82, 2.24) is 15.1 Å². The lowest BCUT2D eigenvalue weighted by Crippen LogP contribution is -2.13. The van der Waals surface area contributed by atoms with Crippen LogP contribution in [0.3, 0.4) is 0 Å². The monoisotopic (exact) mass is 291 g/mol. The summed E-state index contributed by atoms with van der Waals surface area (Å²) in [6.07, 6.45) is 3.25. The highest BCUT2D eigenvalue weighted by Crippen LogP contribution is 2.19. The van der Waals surface area contributed by atoms with Crippen molar-refractivity contribution in [2.45, 2.75) is 40.3 Å². The largest absolute Gasteiger partial charge is 0.313 e. The maximum Gasteiger partial charge on any atom is 0.0674 e. The van der Waals surface area contributed by atoms with Crippen molar-refractivity contribution < 1.29 is 0 Å². The topological polar surface area (TPSA) is 29.9 Å². The molecule has 0 saturated heterocycles. The summed E-state index contributed by atoms with van der Waals surface area (Å²) < 4.78 is 1.97. The Morgan fingerprint density at radius 2 is 2.05 bits per heavy atom. The molecule has 1 heterocycles. The van der Waals surface area contributed by atoms with Crippen molar-refractivity contribution in [3.05, 3.63) is 51.8 Å². The minimum atomic E-state index is 0.716. The molecule has 0 spiro atoms. The maximum atomic E-state index is 6.27. The molecular weight excluding hydrogens is 270 g/mol. The predicted molar refractivity (Wildman–Crippen MR) is 84.3 cm³/mol. The lowest BCUT2D eigenvalue weighted by molar-refractivity contribution is 0.668. The Morgan fingerprint density at radius 1 is 1.25 bits per heavy atom. The molecular formula is C16H22ClN3. The molecule has 3 nitrogen and oxygen atoms in total. The van der Waals surface area contributed by atoms with E-state index in [9.17, 15) is 0 Å². The lowest BCUT2D eigenvalue weighted by Gasteiger charge is -2.05. The lowest BCUT2D eigenvalue weighted by atomic mass is 10.1. The van der Waals surface area contributed by atoms with Gasteiger partial charge in [-0.05, 0) is 44.0 Å². The van der Waals surface area contributed by atoms with Crippen LogP contribution in [0.25, 0.3) is 0 Å². The molecule has 1 N–H and O–H groups in total. The van der Waals surface area contributed by atoms with Gasteiger partial charge in [-0.3, -0.25) is 4.68 Å². The molecule has 0 aliphatic rings. The molecule has 20 heavy (non-hydrogen) atoms. The van der Waals surface area contributed by atoms with Crippen molar-refractivity contribution in [2.75, 3.05) is 6.54 Å². The molecule has 2 aromatic rings. The van der Waals surface area contributed by atoms with Gasteiger partial charge in [0.05, 0.1) is 12.2 Å². The van der Waals surface area contributed by atoms with E-state index >= 15 is 0 Å². The Bertz CT molecular complexity index is 575. The van der Waals surface area contributed by atoms with Gasteiger partial charge in [-0.15, -0.1) is 0 Å². The number of rotatable bonds is 6. The highest BCUT2D eigenvalue weighted by molar-refractivity contribution is 6.31. The number of nitrogens with one attached hydrogen (secondary N) is 1. The van der Waals surface area contributed by atoms with E-state index in [0.717, 1.165) is 35.8 Å². The smallest absolute Gasteiger partial charge is 0.0674 e. The summed E-state index contributed by atoms with van der Waals surface area (Å²) in [6, 6.07) is 6.15. The third-order valence-corrected chi connectivity index (χ3v) is 3.68. The van der Waals surface area contributed by atoms with Gasteiger partial charge < -0.3 is 5.32 Å². The van der Waals surface area contributed by atoms with Crippen LogP contribution in [0.2, 0.25) is 5.02 Å². The first kappa shape index (κ1) is 15.1. The molecule has 0 aliphatic heterocycles. The zero-order valence-corrected chi connectivity index (χ0v) is 13.2. The summed E-state index contributed by atoms with van der Waals surface area (Å²) in [7, 11) is 0. The Kier molecular flexibility index (Phi) is 5.21. The number of aryl methyl sites for hydroxylation is 2. The van der Waals surface area contributed by atoms with Crippen LogP contribution >= 0.6 is 11.6 Å². The van der Waals surface area contributed by atoms with Crippen LogP contribution in [0, 0.1) is 13.8 Å². The zero-order chi connectivity index (χ0) is 14.5. The minimum Gasteiger partial charge on any atom is -0.313 e. The Labute approximate surface area is 126 Å². The number of nitrogens with zero attached hydrogens (tertiary/aromatic N) is 2. The molecule has 108 valence electrons. The van der Waals surface area contributed by atoms with Gasteiger partial charge in [0.25, 0.3) is 0 Å². The molecule has 0 radical (unpaired) electrons. The van der Waals surface area contributed by atoms with E-state index < -0.39 is 0 Å². The number of hydrogen-bond acceptors (Lipinski definition) is 2. The van der Waals surface area contributed by atoms with E-state index in [1.807, 2.05) is 17.7 Å². The van der Waals surface area contributed by atoms with E-state index in [0.29, 0.717) is 6.54 Å². The molecule has 0 atom stereocenters. The number of halogens is 1. The second-order valence-electron chi connectivity index (χ2n) is 5.21. The molecule has 4 heteroatoms. The van der Waals surface area contributed by atoms with Crippen LogP contribution in [0.1, 0.15) is 35.7 Å². The summed E-state index contributed by atoms with van der Waals surface area (Å²) in [4.78, 5) is 0. The summed E-state index contributed by atoms with van der Waals surface area (Å²) in [6.45, 7) is 8.90. The fourth-order valence-electron chi connectivity index (χ4n) is 2.17. The van der Waals surface area contributed by atoms with Crippen LogP contribution in [-0.2, 0) is 13.1 Å². The third-order valence-electron chi connectivity index (χ3n) is 3.33. The molecule has 0 amide bonds. The first-order valence-electron chi connectivity index (χ1n) is 7.09. The van der Waals surface area contributed by atoms with Crippen LogP contribution < -0.4 is 5.32 Å². The van der Waals surface area contributed by atoms with E-state index in [-0.39, 0.29) is 0 Å². The first-order chi connectivity index (χ1) is 9.60. The highest BCUT2D eigenvalue weighted by Gasteiger charge is 2.07. The van der Waals surface area contributed by atoms with Crippen LogP contribution in [0.15, 0.2) is 24.4 Å². The van der Waals surface area contributed by atoms with E-state index in [1.54, 1.807) is 0 Å². The summed E-state index contributed by atoms with van der Waals surface area (Å²) in [5.74, 6) is 0. The average Bonchev–Trinajstić information content (AvgIpc) is 2.74. The van der Waals surface area contributed by atoms with Crippen molar-refractivity contribution in [2.24, 2.45) is 0 Å². The zero-order valence-electron chi connectivity index (χ0n) is 12.4. The van der Waals surface area contributed by atoms with Crippen LogP contribution in [-0.4, -0.2) is 16.3 Å². The van der Waals surface area contributed by atoms with Crippen LogP contribution in [0.4, 0.5) is 0 Å². The van der Waals surface area contributed by atoms with Crippen LogP contribution in [0.5, 0.6) is 0 Å². The van der Waals surface area contributed by atoms with Crippen molar-refractivity contribution in [3.8, 4) is 0 Å². The van der Waals surface area contributed by atoms with Gasteiger partial charge in [-0.25, -0.2) is 0 Å². The molecule has 0 saturated carbocycles. The van der Waals surface area contributed by atoms with Gasteiger partial charge in [0, 0.05) is 23.3 Å². The normalized spacial score (nSPS) is 11.0. The third kappa shape index (κ3) is 3.84. The fourth-order valence-corrected chi connectivity index (χ4v) is 2.46. The second-order valence-corrected chi connectivity index (χ2v) is 5.62. The number of benzene rings is 1. The fraction of sp³-hybridized carbons (Fsp3) is 0.438. The van der Waals surface area contributed by atoms with E-state index in [4.69, 9.17) is 11.6 Å². The Hall–Kier alpha value is -1.32.